The van der Waals surface area contributed by atoms with Crippen LogP contribution in [0.2, 0.25) is 5.02 Å². The maximum absolute atomic E-state index is 13.2. The van der Waals surface area contributed by atoms with Crippen molar-refractivity contribution in [3.63, 3.8) is 0 Å². The minimum Gasteiger partial charge on any atom is -0.597 e. The second kappa shape index (κ2) is 8.85. The first kappa shape index (κ1) is 24.2. The van der Waals surface area contributed by atoms with Crippen LogP contribution in [0.4, 0.5) is 5.82 Å². The molecule has 3 aromatic rings. The molecule has 1 N–H and O–H groups in total. The van der Waals surface area contributed by atoms with Crippen molar-refractivity contribution in [2.75, 3.05) is 18.0 Å². The third-order valence-electron chi connectivity index (χ3n) is 8.73. The first-order valence-corrected chi connectivity index (χ1v) is 15.4. The van der Waals surface area contributed by atoms with Crippen LogP contribution in [0.15, 0.2) is 52.8 Å². The van der Waals surface area contributed by atoms with E-state index in [-0.39, 0.29) is 16.2 Å². The first-order chi connectivity index (χ1) is 17.9. The Balaban J connectivity index is 1.06. The minimum atomic E-state index is -1.10. The van der Waals surface area contributed by atoms with Crippen LogP contribution < -0.4 is 9.62 Å². The molecular weight excluding hydrogens is 522 g/mol. The topological polar surface area (TPSA) is 77.0 Å². The van der Waals surface area contributed by atoms with Gasteiger partial charge in [0.25, 0.3) is 0 Å². The molecule has 1 aromatic carbocycles. The molecule has 7 rings (SSSR count). The van der Waals surface area contributed by atoms with Gasteiger partial charge in [0, 0.05) is 52.4 Å². The van der Waals surface area contributed by atoms with Gasteiger partial charge in [0.1, 0.15) is 10.8 Å². The third-order valence-corrected chi connectivity index (χ3v) is 11.8. The summed E-state index contributed by atoms with van der Waals surface area (Å²) in [5.74, 6) is 1.43. The monoisotopic (exact) mass is 551 g/mol. The van der Waals surface area contributed by atoms with Crippen molar-refractivity contribution in [1.29, 1.82) is 0 Å². The molecule has 2 aliphatic carbocycles. The second-order valence-electron chi connectivity index (χ2n) is 11.3. The lowest BCUT2D eigenvalue weighted by atomic mass is 9.72. The van der Waals surface area contributed by atoms with E-state index in [2.05, 4.69) is 46.7 Å². The Morgan fingerprint density at radius 2 is 1.92 bits per heavy atom. The van der Waals surface area contributed by atoms with Gasteiger partial charge in [-0.1, -0.05) is 41.6 Å². The van der Waals surface area contributed by atoms with Gasteiger partial charge in [0.15, 0.2) is 4.75 Å². The molecule has 4 heterocycles. The molecule has 0 bridgehead atoms. The largest absolute Gasteiger partial charge is 0.597 e. The number of nitrogens with one attached hydrogen (secondary N) is 1. The average Bonchev–Trinajstić information content (AvgIpc) is 3.70. The van der Waals surface area contributed by atoms with E-state index in [0.29, 0.717) is 5.92 Å². The van der Waals surface area contributed by atoms with Gasteiger partial charge in [-0.25, -0.2) is 9.97 Å². The second-order valence-corrected chi connectivity index (χ2v) is 14.6. The van der Waals surface area contributed by atoms with Crippen LogP contribution >= 0.6 is 23.4 Å². The molecule has 9 heteroatoms. The molecule has 2 aliphatic heterocycles. The van der Waals surface area contributed by atoms with Crippen LogP contribution in [-0.2, 0) is 22.5 Å². The summed E-state index contributed by atoms with van der Waals surface area (Å²) in [6, 6.07) is 8.70. The lowest BCUT2D eigenvalue weighted by Crippen LogP contribution is -2.52. The van der Waals surface area contributed by atoms with Gasteiger partial charge in [-0.2, -0.15) is 0 Å². The van der Waals surface area contributed by atoms with Gasteiger partial charge in [-0.05, 0) is 63.1 Å². The number of hydrogen-bond donors (Lipinski definition) is 1. The maximum atomic E-state index is 13.2. The number of anilines is 1. The third kappa shape index (κ3) is 3.98. The molecule has 2 aromatic heterocycles. The Kier molecular flexibility index (Phi) is 5.79. The highest BCUT2D eigenvalue weighted by Crippen LogP contribution is 2.57. The number of nitrogens with zero attached hydrogens (tertiary/aromatic N) is 4. The molecule has 0 unspecified atom stereocenters. The van der Waals surface area contributed by atoms with Gasteiger partial charge in [-0.15, -0.1) is 4.72 Å². The molecule has 192 valence electrons. The van der Waals surface area contributed by atoms with E-state index in [1.807, 2.05) is 24.7 Å². The van der Waals surface area contributed by atoms with E-state index < -0.39 is 11.4 Å². The zero-order valence-corrected chi connectivity index (χ0v) is 23.4. The van der Waals surface area contributed by atoms with Crippen molar-refractivity contribution in [2.45, 2.75) is 72.6 Å². The summed E-state index contributed by atoms with van der Waals surface area (Å²) in [5.41, 5.74) is 5.19. The summed E-state index contributed by atoms with van der Waals surface area (Å²) in [4.78, 5) is 17.3. The van der Waals surface area contributed by atoms with E-state index in [4.69, 9.17) is 21.6 Å². The fourth-order valence-electron chi connectivity index (χ4n) is 6.40. The van der Waals surface area contributed by atoms with Crippen LogP contribution in [0.1, 0.15) is 73.9 Å². The van der Waals surface area contributed by atoms with Gasteiger partial charge >= 0.3 is 0 Å². The van der Waals surface area contributed by atoms with Crippen molar-refractivity contribution in [3.05, 3.63) is 70.3 Å². The molecule has 2 fully saturated rings. The van der Waals surface area contributed by atoms with E-state index in [1.54, 1.807) is 11.8 Å². The zero-order chi connectivity index (χ0) is 25.4. The van der Waals surface area contributed by atoms with Gasteiger partial charge in [0.2, 0.25) is 0 Å². The molecule has 0 radical (unpaired) electrons. The van der Waals surface area contributed by atoms with E-state index in [0.717, 1.165) is 58.8 Å². The molecule has 6 nitrogen and oxygen atoms in total. The number of pyridine rings is 1. The predicted octanol–water partition coefficient (Wildman–Crippen LogP) is 5.94. The maximum Gasteiger partial charge on any atom is 0.164 e. The Labute approximate surface area is 230 Å². The molecule has 4 aliphatic rings. The summed E-state index contributed by atoms with van der Waals surface area (Å²) in [6.07, 6.45) is 11.0. The molecule has 0 amide bonds. The lowest BCUT2D eigenvalue weighted by Gasteiger charge is -2.46. The normalized spacial score (nSPS) is 25.4. The Bertz CT molecular complexity index is 1360. The fourth-order valence-corrected chi connectivity index (χ4v) is 8.80. The highest BCUT2D eigenvalue weighted by molar-refractivity contribution is 7.99. The summed E-state index contributed by atoms with van der Waals surface area (Å²) in [7, 11) is 0. The summed E-state index contributed by atoms with van der Waals surface area (Å²) in [5, 5.41) is 1.59. The highest BCUT2D eigenvalue weighted by Gasteiger charge is 2.56. The van der Waals surface area contributed by atoms with Gasteiger partial charge in [0.05, 0.1) is 29.2 Å². The predicted molar refractivity (Wildman–Crippen MR) is 148 cm³/mol. The molecule has 2 atom stereocenters. The van der Waals surface area contributed by atoms with Crippen molar-refractivity contribution in [1.82, 2.24) is 19.7 Å². The van der Waals surface area contributed by atoms with Crippen LogP contribution in [0.5, 0.6) is 0 Å². The Morgan fingerprint density at radius 1 is 1.11 bits per heavy atom. The number of rotatable bonds is 4. The first-order valence-electron chi connectivity index (χ1n) is 13.1. The highest BCUT2D eigenvalue weighted by atomic mass is 35.5. The van der Waals surface area contributed by atoms with Crippen molar-refractivity contribution in [2.24, 2.45) is 5.41 Å². The standard InChI is InChI=1S/C28H30ClN5OS2/c1-27(2)19-5-3-4-18-14-28(26(23(18)19)33-37(27)35)9-12-34(13-10-28)21-15-32-22(16-31-21)36-20-8-11-30-25(24(20)29)17-6-7-17/h3-5,8,11,15-17,26,33H,6-7,9-10,12-14H2,1-2H3/t26-,37-/m1/s1. The number of fused-ring (bicyclic) bond motifs is 1. The average molecular weight is 552 g/mol. The van der Waals surface area contributed by atoms with Crippen molar-refractivity contribution in [3.8, 4) is 0 Å². The van der Waals surface area contributed by atoms with Crippen LogP contribution in [0, 0.1) is 5.41 Å². The van der Waals surface area contributed by atoms with Gasteiger partial charge in [-0.3, -0.25) is 4.98 Å². The van der Waals surface area contributed by atoms with E-state index in [1.165, 1.54) is 29.5 Å². The number of aromatic nitrogens is 3. The molecule has 1 saturated carbocycles. The van der Waals surface area contributed by atoms with Crippen molar-refractivity contribution >= 4 is 40.5 Å². The van der Waals surface area contributed by atoms with E-state index >= 15 is 0 Å². The van der Waals surface area contributed by atoms with Crippen LogP contribution in [0.3, 0.4) is 0 Å². The van der Waals surface area contributed by atoms with Crippen molar-refractivity contribution < 1.29 is 4.55 Å². The number of benzene rings is 1. The molecule has 37 heavy (non-hydrogen) atoms. The number of piperidine rings is 1. The quantitative estimate of drug-likeness (QED) is 0.402. The molecule has 1 saturated heterocycles. The smallest absolute Gasteiger partial charge is 0.164 e. The zero-order valence-electron chi connectivity index (χ0n) is 21.0. The Morgan fingerprint density at radius 3 is 2.65 bits per heavy atom. The van der Waals surface area contributed by atoms with Gasteiger partial charge < -0.3 is 9.45 Å². The Hall–Kier alpha value is -1.84. The lowest BCUT2D eigenvalue weighted by molar-refractivity contribution is 0.173. The summed E-state index contributed by atoms with van der Waals surface area (Å²) < 4.78 is 16.3. The molecule has 1 spiro atoms. The number of hydrogen-bond acceptors (Lipinski definition) is 7. The number of halogens is 1. The summed E-state index contributed by atoms with van der Waals surface area (Å²) in [6.45, 7) is 6.01. The SMILES string of the molecule is CC1(C)c2cccc3c2[C@@H](N[S@+]1[O-])C1(CCN(c2cnc(Sc4ccnc(C5CC5)c4Cl)cn2)CC1)C3. The van der Waals surface area contributed by atoms with E-state index in [9.17, 15) is 4.55 Å². The van der Waals surface area contributed by atoms with Crippen LogP contribution in [0.25, 0.3) is 0 Å². The minimum absolute atomic E-state index is 0.0989. The summed E-state index contributed by atoms with van der Waals surface area (Å²) >= 11 is 7.08. The van der Waals surface area contributed by atoms with Crippen LogP contribution in [-0.4, -0.2) is 32.6 Å². The fraction of sp³-hybridized carbons (Fsp3) is 0.464. The molecular formula is C28H30ClN5OS2.